The molecule has 0 unspecified atom stereocenters. The minimum atomic E-state index is -0.452. The number of H-pyrrole nitrogens is 1. The minimum absolute atomic E-state index is 0.196. The molecular formula is C17H16N4O4. The molecule has 2 heterocycles. The van der Waals surface area contributed by atoms with E-state index in [0.29, 0.717) is 28.5 Å². The zero-order valence-corrected chi connectivity index (χ0v) is 13.6. The quantitative estimate of drug-likeness (QED) is 0.530. The number of methoxy groups -OCH3 is 2. The van der Waals surface area contributed by atoms with Crippen LogP contribution in [0.25, 0.3) is 11.5 Å². The molecule has 0 aliphatic carbocycles. The molecule has 0 spiro atoms. The number of hydrazone groups is 1. The highest BCUT2D eigenvalue weighted by molar-refractivity contribution is 5.94. The number of carbonyl (C=O) groups excluding carboxylic acids is 1. The molecule has 2 aromatic heterocycles. The number of ether oxygens (including phenoxy) is 2. The van der Waals surface area contributed by atoms with Crippen LogP contribution in [0.3, 0.4) is 0 Å². The highest BCUT2D eigenvalue weighted by atomic mass is 16.5. The Hall–Kier alpha value is -3.55. The highest BCUT2D eigenvalue weighted by Gasteiger charge is 2.12. The van der Waals surface area contributed by atoms with E-state index < -0.39 is 5.91 Å². The van der Waals surface area contributed by atoms with Crippen LogP contribution in [0.5, 0.6) is 11.5 Å². The molecule has 3 aromatic rings. The maximum Gasteiger partial charge on any atom is 0.291 e. The van der Waals surface area contributed by atoms with Crippen LogP contribution in [0.2, 0.25) is 0 Å². The molecule has 3 rings (SSSR count). The third-order valence-corrected chi connectivity index (χ3v) is 3.40. The molecule has 1 aromatic carbocycles. The number of amides is 1. The van der Waals surface area contributed by atoms with Crippen LogP contribution in [0.15, 0.2) is 52.2 Å². The van der Waals surface area contributed by atoms with Crippen LogP contribution in [0, 0.1) is 0 Å². The first-order chi connectivity index (χ1) is 12.2. The van der Waals surface area contributed by atoms with Gasteiger partial charge in [-0.25, -0.2) is 5.43 Å². The number of furan rings is 1. The first-order valence-electron chi connectivity index (χ1n) is 7.36. The minimum Gasteiger partial charge on any atom is -0.497 e. The van der Waals surface area contributed by atoms with Crippen LogP contribution in [0.4, 0.5) is 0 Å². The predicted molar refractivity (Wildman–Crippen MR) is 90.9 cm³/mol. The second-order valence-corrected chi connectivity index (χ2v) is 4.95. The summed E-state index contributed by atoms with van der Waals surface area (Å²) in [4.78, 5) is 12.1. The third-order valence-electron chi connectivity index (χ3n) is 3.40. The summed E-state index contributed by atoms with van der Waals surface area (Å²) in [6.45, 7) is 0. The molecule has 0 saturated heterocycles. The lowest BCUT2D eigenvalue weighted by atomic mass is 10.2. The van der Waals surface area contributed by atoms with Gasteiger partial charge in [-0.1, -0.05) is 0 Å². The summed E-state index contributed by atoms with van der Waals surface area (Å²) < 4.78 is 15.6. The van der Waals surface area contributed by atoms with Crippen molar-refractivity contribution in [1.82, 2.24) is 15.6 Å². The van der Waals surface area contributed by atoms with Crippen molar-refractivity contribution in [3.05, 3.63) is 53.9 Å². The summed E-state index contributed by atoms with van der Waals surface area (Å²) in [6.07, 6.45) is 3.01. The van der Waals surface area contributed by atoms with E-state index in [-0.39, 0.29) is 5.69 Å². The Bertz CT molecular complexity index is 884. The summed E-state index contributed by atoms with van der Waals surface area (Å²) in [6, 6.07) is 10.4. The number of aromatic amines is 1. The van der Waals surface area contributed by atoms with Gasteiger partial charge in [0.15, 0.2) is 11.5 Å². The van der Waals surface area contributed by atoms with Crippen LogP contribution in [-0.4, -0.2) is 36.5 Å². The van der Waals surface area contributed by atoms with Gasteiger partial charge < -0.3 is 13.9 Å². The van der Waals surface area contributed by atoms with Gasteiger partial charge in [-0.3, -0.25) is 9.89 Å². The number of nitrogens with zero attached hydrogens (tertiary/aromatic N) is 2. The van der Waals surface area contributed by atoms with Crippen molar-refractivity contribution < 1.29 is 18.7 Å². The van der Waals surface area contributed by atoms with Gasteiger partial charge in [0.05, 0.1) is 26.7 Å². The number of rotatable bonds is 6. The van der Waals surface area contributed by atoms with E-state index in [9.17, 15) is 4.79 Å². The SMILES string of the molecule is COc1ccc(OC)c(/C=N/NC(=O)c2cc(-c3ccco3)[nH]n2)c1. The van der Waals surface area contributed by atoms with Gasteiger partial charge in [-0.15, -0.1) is 0 Å². The molecule has 2 N–H and O–H groups in total. The molecule has 0 atom stereocenters. The fourth-order valence-corrected chi connectivity index (χ4v) is 2.15. The third kappa shape index (κ3) is 3.69. The Morgan fingerprint density at radius 2 is 2.16 bits per heavy atom. The molecule has 8 heteroatoms. The molecule has 0 radical (unpaired) electrons. The summed E-state index contributed by atoms with van der Waals surface area (Å²) >= 11 is 0. The van der Waals surface area contributed by atoms with Crippen molar-refractivity contribution >= 4 is 12.1 Å². The van der Waals surface area contributed by atoms with E-state index >= 15 is 0 Å². The Balaban J connectivity index is 1.69. The second kappa shape index (κ2) is 7.35. The molecule has 128 valence electrons. The zero-order valence-electron chi connectivity index (χ0n) is 13.6. The maximum absolute atomic E-state index is 12.1. The van der Waals surface area contributed by atoms with Crippen molar-refractivity contribution in [1.29, 1.82) is 0 Å². The largest absolute Gasteiger partial charge is 0.497 e. The fraction of sp³-hybridized carbons (Fsp3) is 0.118. The number of aromatic nitrogens is 2. The van der Waals surface area contributed by atoms with E-state index in [2.05, 4.69) is 20.7 Å². The monoisotopic (exact) mass is 340 g/mol. The van der Waals surface area contributed by atoms with Gasteiger partial charge in [-0.05, 0) is 30.3 Å². The predicted octanol–water partition coefficient (Wildman–Crippen LogP) is 2.45. The molecule has 0 aliphatic heterocycles. The number of hydrogen-bond acceptors (Lipinski definition) is 6. The summed E-state index contributed by atoms with van der Waals surface area (Å²) in [7, 11) is 3.12. The smallest absolute Gasteiger partial charge is 0.291 e. The standard InChI is InChI=1S/C17H16N4O4/c1-23-12-5-6-15(24-2)11(8-12)10-18-21-17(22)14-9-13(19-20-14)16-4-3-7-25-16/h3-10H,1-2H3,(H,19,20)(H,21,22)/b18-10+. The molecule has 25 heavy (non-hydrogen) atoms. The van der Waals surface area contributed by atoms with Crippen molar-refractivity contribution in [2.45, 2.75) is 0 Å². The lowest BCUT2D eigenvalue weighted by Crippen LogP contribution is -2.18. The van der Waals surface area contributed by atoms with Crippen LogP contribution < -0.4 is 14.9 Å². The zero-order chi connectivity index (χ0) is 17.6. The van der Waals surface area contributed by atoms with Gasteiger partial charge in [0.25, 0.3) is 5.91 Å². The van der Waals surface area contributed by atoms with Crippen LogP contribution >= 0.6 is 0 Å². The van der Waals surface area contributed by atoms with Gasteiger partial charge in [0.2, 0.25) is 0 Å². The first kappa shape index (κ1) is 16.3. The molecule has 0 saturated carbocycles. The summed E-state index contributed by atoms with van der Waals surface area (Å²) in [5, 5.41) is 10.6. The van der Waals surface area contributed by atoms with E-state index in [0.717, 1.165) is 0 Å². The van der Waals surface area contributed by atoms with Gasteiger partial charge in [-0.2, -0.15) is 10.2 Å². The van der Waals surface area contributed by atoms with Crippen molar-refractivity contribution in [3.63, 3.8) is 0 Å². The average molecular weight is 340 g/mol. The number of hydrogen-bond donors (Lipinski definition) is 2. The van der Waals surface area contributed by atoms with E-state index in [1.807, 2.05) is 0 Å². The lowest BCUT2D eigenvalue weighted by molar-refractivity contribution is 0.0950. The van der Waals surface area contributed by atoms with Gasteiger partial charge >= 0.3 is 0 Å². The average Bonchev–Trinajstić information content (AvgIpc) is 3.32. The Morgan fingerprint density at radius 1 is 1.28 bits per heavy atom. The van der Waals surface area contributed by atoms with Gasteiger partial charge in [0.1, 0.15) is 17.2 Å². The number of carbonyl (C=O) groups is 1. The highest BCUT2D eigenvalue weighted by Crippen LogP contribution is 2.22. The second-order valence-electron chi connectivity index (χ2n) is 4.95. The lowest BCUT2D eigenvalue weighted by Gasteiger charge is -2.06. The Morgan fingerprint density at radius 3 is 2.88 bits per heavy atom. The van der Waals surface area contributed by atoms with Gasteiger partial charge in [0, 0.05) is 11.6 Å². The summed E-state index contributed by atoms with van der Waals surface area (Å²) in [5.74, 6) is 1.41. The normalized spacial score (nSPS) is 10.8. The number of nitrogens with one attached hydrogen (secondary N) is 2. The molecule has 0 bridgehead atoms. The topological polar surface area (TPSA) is 102 Å². The van der Waals surface area contributed by atoms with Crippen molar-refractivity contribution in [2.75, 3.05) is 14.2 Å². The van der Waals surface area contributed by atoms with Crippen molar-refractivity contribution in [2.24, 2.45) is 5.10 Å². The van der Waals surface area contributed by atoms with Crippen LogP contribution in [-0.2, 0) is 0 Å². The first-order valence-corrected chi connectivity index (χ1v) is 7.36. The molecule has 8 nitrogen and oxygen atoms in total. The summed E-state index contributed by atoms with van der Waals surface area (Å²) in [5.41, 5.74) is 3.88. The Labute approximate surface area is 143 Å². The van der Waals surface area contributed by atoms with E-state index in [1.165, 1.54) is 6.21 Å². The molecular weight excluding hydrogens is 324 g/mol. The van der Waals surface area contributed by atoms with E-state index in [1.54, 1.807) is 56.9 Å². The van der Waals surface area contributed by atoms with Crippen molar-refractivity contribution in [3.8, 4) is 23.0 Å². The number of benzene rings is 1. The molecule has 0 aliphatic rings. The van der Waals surface area contributed by atoms with E-state index in [4.69, 9.17) is 13.9 Å². The maximum atomic E-state index is 12.1. The Kier molecular flexibility index (Phi) is 4.79. The fourth-order valence-electron chi connectivity index (χ4n) is 2.15. The molecule has 0 fully saturated rings. The molecule has 1 amide bonds. The van der Waals surface area contributed by atoms with Crippen LogP contribution in [0.1, 0.15) is 16.1 Å².